The molecule has 3 rings (SSSR count). The summed E-state index contributed by atoms with van der Waals surface area (Å²) in [7, 11) is -3.81. The minimum Gasteiger partial charge on any atom is -0.301 e. The van der Waals surface area contributed by atoms with Crippen molar-refractivity contribution in [1.82, 2.24) is 14.6 Å². The average molecular weight is 479 g/mol. The van der Waals surface area contributed by atoms with E-state index >= 15 is 0 Å². The number of carbonyl (C=O) groups excluding carboxylic acids is 1. The fourth-order valence-electron chi connectivity index (χ4n) is 3.73. The van der Waals surface area contributed by atoms with E-state index in [1.807, 2.05) is 26.2 Å². The molecule has 32 heavy (non-hydrogen) atoms. The van der Waals surface area contributed by atoms with Crippen molar-refractivity contribution < 1.29 is 13.2 Å². The van der Waals surface area contributed by atoms with E-state index in [0.717, 1.165) is 36.8 Å². The minimum absolute atomic E-state index is 0.139. The second kappa shape index (κ2) is 10.9. The van der Waals surface area contributed by atoms with Gasteiger partial charge in [0.25, 0.3) is 0 Å². The molecule has 1 saturated heterocycles. The van der Waals surface area contributed by atoms with Crippen LogP contribution in [0.1, 0.15) is 51.3 Å². The Kier molecular flexibility index (Phi) is 8.43. The van der Waals surface area contributed by atoms with E-state index in [4.69, 9.17) is 0 Å². The maximum Gasteiger partial charge on any atom is 0.244 e. The van der Waals surface area contributed by atoms with Gasteiger partial charge in [-0.1, -0.05) is 38.5 Å². The van der Waals surface area contributed by atoms with Crippen molar-refractivity contribution in [1.29, 1.82) is 0 Å². The summed E-state index contributed by atoms with van der Waals surface area (Å²) in [6, 6.07) is 5.71. The van der Waals surface area contributed by atoms with Crippen molar-refractivity contribution >= 4 is 32.4 Å². The fourth-order valence-corrected chi connectivity index (χ4v) is 5.64. The zero-order valence-electron chi connectivity index (χ0n) is 19.3. The van der Waals surface area contributed by atoms with Gasteiger partial charge in [0.1, 0.15) is 6.04 Å². The summed E-state index contributed by atoms with van der Waals surface area (Å²) in [5.74, 6) is 0.528. The summed E-state index contributed by atoms with van der Waals surface area (Å²) in [5.41, 5.74) is 1.90. The molecule has 1 fully saturated rings. The third kappa shape index (κ3) is 7.10. The van der Waals surface area contributed by atoms with E-state index in [2.05, 4.69) is 26.8 Å². The minimum atomic E-state index is -3.81. The van der Waals surface area contributed by atoms with Gasteiger partial charge in [-0.2, -0.15) is 4.72 Å². The summed E-state index contributed by atoms with van der Waals surface area (Å²) < 4.78 is 28.2. The molecule has 176 valence electrons. The number of hydrogen-bond acceptors (Lipinski definition) is 6. The Hall–Kier alpha value is -1.81. The van der Waals surface area contributed by atoms with Crippen LogP contribution < -0.4 is 10.0 Å². The number of anilines is 1. The first kappa shape index (κ1) is 24.8. The average Bonchev–Trinajstić information content (AvgIpc) is 3.15. The Morgan fingerprint density at radius 2 is 1.88 bits per heavy atom. The summed E-state index contributed by atoms with van der Waals surface area (Å²) in [6.07, 6.45) is 2.79. The number of amides is 1. The van der Waals surface area contributed by atoms with Crippen LogP contribution >= 0.6 is 11.3 Å². The second-order valence-electron chi connectivity index (χ2n) is 9.21. The number of thiazole rings is 1. The molecule has 0 spiro atoms. The number of nitrogens with zero attached hydrogens (tertiary/aromatic N) is 2. The molecule has 2 heterocycles. The molecule has 1 aromatic heterocycles. The van der Waals surface area contributed by atoms with Crippen LogP contribution in [0.4, 0.5) is 5.13 Å². The zero-order chi connectivity index (χ0) is 23.3. The number of aryl methyl sites for hydroxylation is 1. The molecule has 1 unspecified atom stereocenters. The van der Waals surface area contributed by atoms with Crippen LogP contribution in [0.2, 0.25) is 0 Å². The van der Waals surface area contributed by atoms with Gasteiger partial charge in [-0.3, -0.25) is 9.69 Å². The summed E-state index contributed by atoms with van der Waals surface area (Å²) in [5, 5.41) is 5.28. The first-order chi connectivity index (χ1) is 15.1. The topological polar surface area (TPSA) is 91.4 Å². The Morgan fingerprint density at radius 3 is 2.50 bits per heavy atom. The first-order valence-corrected chi connectivity index (χ1v) is 13.6. The Balaban J connectivity index is 1.64. The molecule has 7 nitrogen and oxygen atoms in total. The van der Waals surface area contributed by atoms with E-state index in [0.29, 0.717) is 11.6 Å². The molecular formula is C23H34N4O3S2. The standard InChI is InChI=1S/C23H34N4O3S2/c1-16(2)13-21(26-32(29,30)20-7-5-17(3)6-8-20)22(28)25-23-24-19(15-31-23)14-27-11-9-18(4)10-12-27/h5-8,15-16,18,21,26H,9-14H2,1-4H3,(H,24,25,28). The number of nitrogens with one attached hydrogen (secondary N) is 2. The highest BCUT2D eigenvalue weighted by atomic mass is 32.2. The molecule has 1 aliphatic heterocycles. The Labute approximate surface area is 195 Å². The number of hydrogen-bond donors (Lipinski definition) is 2. The lowest BCUT2D eigenvalue weighted by atomic mass is 9.99. The molecule has 1 atom stereocenters. The molecule has 9 heteroatoms. The number of rotatable bonds is 9. The second-order valence-corrected chi connectivity index (χ2v) is 11.8. The number of carbonyl (C=O) groups is 1. The molecule has 0 aliphatic carbocycles. The van der Waals surface area contributed by atoms with Gasteiger partial charge in [0.15, 0.2) is 5.13 Å². The maximum absolute atomic E-state index is 13.0. The third-order valence-electron chi connectivity index (χ3n) is 5.70. The van der Waals surface area contributed by atoms with Crippen molar-refractivity contribution in [3.63, 3.8) is 0 Å². The molecular weight excluding hydrogens is 444 g/mol. The lowest BCUT2D eigenvalue weighted by Gasteiger charge is -2.29. The SMILES string of the molecule is Cc1ccc(S(=O)(=O)NC(CC(C)C)C(=O)Nc2nc(CN3CCC(C)CC3)cs2)cc1. The smallest absolute Gasteiger partial charge is 0.244 e. The summed E-state index contributed by atoms with van der Waals surface area (Å²) >= 11 is 1.37. The van der Waals surface area contributed by atoms with Crippen LogP contribution in [0.3, 0.4) is 0 Å². The normalized spacial score (nSPS) is 16.9. The van der Waals surface area contributed by atoms with E-state index in [9.17, 15) is 13.2 Å². The van der Waals surface area contributed by atoms with Crippen molar-refractivity contribution in [2.45, 2.75) is 64.4 Å². The largest absolute Gasteiger partial charge is 0.301 e. The van der Waals surface area contributed by atoms with Gasteiger partial charge in [0.2, 0.25) is 15.9 Å². The molecule has 1 aliphatic rings. The molecule has 2 aromatic rings. The van der Waals surface area contributed by atoms with Gasteiger partial charge in [-0.05, 0) is 63.2 Å². The van der Waals surface area contributed by atoms with Gasteiger partial charge in [-0.25, -0.2) is 13.4 Å². The van der Waals surface area contributed by atoms with E-state index in [1.54, 1.807) is 24.3 Å². The predicted octanol–water partition coefficient (Wildman–Crippen LogP) is 4.02. The zero-order valence-corrected chi connectivity index (χ0v) is 20.9. The molecule has 0 saturated carbocycles. The van der Waals surface area contributed by atoms with Crippen molar-refractivity contribution in [3.05, 3.63) is 40.9 Å². The monoisotopic (exact) mass is 478 g/mol. The van der Waals surface area contributed by atoms with Gasteiger partial charge in [-0.15, -0.1) is 11.3 Å². The first-order valence-electron chi connectivity index (χ1n) is 11.2. The number of benzene rings is 1. The quantitative estimate of drug-likeness (QED) is 0.568. The van der Waals surface area contributed by atoms with Gasteiger partial charge in [0.05, 0.1) is 10.6 Å². The molecule has 0 radical (unpaired) electrons. The Morgan fingerprint density at radius 1 is 1.22 bits per heavy atom. The van der Waals surface area contributed by atoms with Crippen LogP contribution in [0.5, 0.6) is 0 Å². The predicted molar refractivity (Wildman–Crippen MR) is 129 cm³/mol. The van der Waals surface area contributed by atoms with Crippen LogP contribution in [0.25, 0.3) is 0 Å². The lowest BCUT2D eigenvalue weighted by Crippen LogP contribution is -2.44. The highest BCUT2D eigenvalue weighted by Crippen LogP contribution is 2.22. The number of likely N-dealkylation sites (tertiary alicyclic amines) is 1. The molecule has 0 bridgehead atoms. The van der Waals surface area contributed by atoms with Crippen LogP contribution in [0, 0.1) is 18.8 Å². The van der Waals surface area contributed by atoms with Gasteiger partial charge in [0, 0.05) is 11.9 Å². The fraction of sp³-hybridized carbons (Fsp3) is 0.565. The van der Waals surface area contributed by atoms with E-state index < -0.39 is 16.1 Å². The highest BCUT2D eigenvalue weighted by Gasteiger charge is 2.27. The van der Waals surface area contributed by atoms with Gasteiger partial charge < -0.3 is 5.32 Å². The van der Waals surface area contributed by atoms with Crippen LogP contribution in [-0.2, 0) is 21.4 Å². The van der Waals surface area contributed by atoms with Crippen LogP contribution in [-0.4, -0.2) is 43.3 Å². The number of sulfonamides is 1. The number of aromatic nitrogens is 1. The van der Waals surface area contributed by atoms with E-state index in [-0.39, 0.29) is 16.7 Å². The Bertz CT molecular complexity index is 995. The summed E-state index contributed by atoms with van der Waals surface area (Å²) in [6.45, 7) is 11.0. The maximum atomic E-state index is 13.0. The molecule has 2 N–H and O–H groups in total. The van der Waals surface area contributed by atoms with Crippen LogP contribution in [0.15, 0.2) is 34.5 Å². The highest BCUT2D eigenvalue weighted by molar-refractivity contribution is 7.89. The third-order valence-corrected chi connectivity index (χ3v) is 7.99. The lowest BCUT2D eigenvalue weighted by molar-refractivity contribution is -0.118. The van der Waals surface area contributed by atoms with E-state index in [1.165, 1.54) is 24.2 Å². The summed E-state index contributed by atoms with van der Waals surface area (Å²) in [4.78, 5) is 20.1. The van der Waals surface area contributed by atoms with Gasteiger partial charge >= 0.3 is 0 Å². The molecule has 1 amide bonds. The number of piperidine rings is 1. The van der Waals surface area contributed by atoms with Crippen molar-refractivity contribution in [2.24, 2.45) is 11.8 Å². The van der Waals surface area contributed by atoms with Crippen molar-refractivity contribution in [3.8, 4) is 0 Å². The molecule has 1 aromatic carbocycles. The van der Waals surface area contributed by atoms with Crippen molar-refractivity contribution in [2.75, 3.05) is 18.4 Å².